The summed E-state index contributed by atoms with van der Waals surface area (Å²) in [6.45, 7) is 3.37. The van der Waals surface area contributed by atoms with Gasteiger partial charge < -0.3 is 33.9 Å². The number of aliphatic hydroxyl groups is 2. The maximum absolute atomic E-state index is 12.9. The highest BCUT2D eigenvalue weighted by molar-refractivity contribution is 5.93. The van der Waals surface area contributed by atoms with Crippen molar-refractivity contribution in [1.82, 2.24) is 0 Å². The molecule has 1 aliphatic heterocycles. The SMILES string of the molecule is O=C(OCCCCCCOC1CCCCO1)c1cc(OCCCCCCO)ccc1OCCCCCCO. The van der Waals surface area contributed by atoms with E-state index in [1.54, 1.807) is 12.1 Å². The Kier molecular flexibility index (Phi) is 18.7. The molecule has 1 heterocycles. The number of ether oxygens (including phenoxy) is 5. The molecule has 1 atom stereocenters. The van der Waals surface area contributed by atoms with Crippen LogP contribution < -0.4 is 9.47 Å². The second-order valence-electron chi connectivity index (χ2n) is 9.85. The third-order valence-electron chi connectivity index (χ3n) is 6.52. The molecule has 38 heavy (non-hydrogen) atoms. The number of benzene rings is 1. The van der Waals surface area contributed by atoms with E-state index < -0.39 is 5.97 Å². The molecule has 2 N–H and O–H groups in total. The number of hydrogen-bond acceptors (Lipinski definition) is 8. The van der Waals surface area contributed by atoms with Crippen molar-refractivity contribution in [2.75, 3.05) is 46.2 Å². The molecule has 0 radical (unpaired) electrons. The molecule has 0 amide bonds. The lowest BCUT2D eigenvalue weighted by molar-refractivity contribution is -0.162. The van der Waals surface area contributed by atoms with E-state index in [-0.39, 0.29) is 19.5 Å². The van der Waals surface area contributed by atoms with Crippen LogP contribution in [0.25, 0.3) is 0 Å². The average molecular weight is 539 g/mol. The standard InChI is InChI=1S/C30H50O8/c31-18-8-1-3-10-20-34-26-16-17-28(35-21-11-4-2-9-19-32)27(25-26)30(33)38-24-13-6-5-12-22-36-29-15-7-14-23-37-29/h16-17,25,29,31-32H,1-15,18-24H2. The molecule has 218 valence electrons. The van der Waals surface area contributed by atoms with Gasteiger partial charge in [-0.1, -0.05) is 19.3 Å². The smallest absolute Gasteiger partial charge is 0.342 e. The zero-order valence-electron chi connectivity index (χ0n) is 23.2. The molecule has 0 saturated carbocycles. The Morgan fingerprint density at radius 2 is 1.39 bits per heavy atom. The van der Waals surface area contributed by atoms with Crippen LogP contribution >= 0.6 is 0 Å². The first-order chi connectivity index (χ1) is 18.7. The molecule has 2 rings (SSSR count). The van der Waals surface area contributed by atoms with Crippen molar-refractivity contribution in [3.63, 3.8) is 0 Å². The fourth-order valence-corrected chi connectivity index (χ4v) is 4.25. The first-order valence-corrected chi connectivity index (χ1v) is 14.8. The second-order valence-corrected chi connectivity index (χ2v) is 9.85. The van der Waals surface area contributed by atoms with Crippen LogP contribution in [0.1, 0.15) is 107 Å². The summed E-state index contributed by atoms with van der Waals surface area (Å²) >= 11 is 0. The Morgan fingerprint density at radius 3 is 2.05 bits per heavy atom. The number of unbranched alkanes of at least 4 members (excludes halogenated alkanes) is 9. The first kappa shape index (κ1) is 32.3. The van der Waals surface area contributed by atoms with E-state index in [0.717, 1.165) is 96.5 Å². The predicted octanol–water partition coefficient (Wildman–Crippen LogP) is 5.81. The molecule has 1 aliphatic rings. The summed E-state index contributed by atoms with van der Waals surface area (Å²) in [5.41, 5.74) is 0.388. The van der Waals surface area contributed by atoms with E-state index >= 15 is 0 Å². The minimum absolute atomic E-state index is 0.0346. The first-order valence-electron chi connectivity index (χ1n) is 14.8. The molecule has 1 unspecified atom stereocenters. The Bertz CT molecular complexity index is 720. The molecule has 1 fully saturated rings. The summed E-state index contributed by atoms with van der Waals surface area (Å²) in [5.74, 6) is 0.734. The fraction of sp³-hybridized carbons (Fsp3) is 0.767. The monoisotopic (exact) mass is 538 g/mol. The zero-order valence-corrected chi connectivity index (χ0v) is 23.2. The van der Waals surface area contributed by atoms with Crippen molar-refractivity contribution < 1.29 is 38.7 Å². The van der Waals surface area contributed by atoms with Gasteiger partial charge in [-0.2, -0.15) is 0 Å². The van der Waals surface area contributed by atoms with E-state index in [0.29, 0.717) is 43.5 Å². The molecule has 8 heteroatoms. The van der Waals surface area contributed by atoms with Gasteiger partial charge in [0.1, 0.15) is 17.1 Å². The molecule has 0 bridgehead atoms. The summed E-state index contributed by atoms with van der Waals surface area (Å²) in [7, 11) is 0. The maximum Gasteiger partial charge on any atom is 0.342 e. The highest BCUT2D eigenvalue weighted by Crippen LogP contribution is 2.26. The van der Waals surface area contributed by atoms with Crippen LogP contribution in [0, 0.1) is 0 Å². The Morgan fingerprint density at radius 1 is 0.763 bits per heavy atom. The van der Waals surface area contributed by atoms with Crippen LogP contribution in [-0.2, 0) is 14.2 Å². The zero-order chi connectivity index (χ0) is 27.1. The van der Waals surface area contributed by atoms with Crippen molar-refractivity contribution in [2.45, 2.75) is 103 Å². The van der Waals surface area contributed by atoms with Gasteiger partial charge in [0, 0.05) is 26.4 Å². The van der Waals surface area contributed by atoms with E-state index in [4.69, 9.17) is 33.9 Å². The van der Waals surface area contributed by atoms with Crippen LogP contribution in [0.5, 0.6) is 11.5 Å². The summed E-state index contributed by atoms with van der Waals surface area (Å²) in [6, 6.07) is 5.31. The van der Waals surface area contributed by atoms with E-state index in [1.807, 2.05) is 6.07 Å². The third kappa shape index (κ3) is 14.9. The van der Waals surface area contributed by atoms with Gasteiger partial charge in [-0.05, 0) is 95.2 Å². The topological polar surface area (TPSA) is 104 Å². The van der Waals surface area contributed by atoms with Crippen LogP contribution in [0.15, 0.2) is 18.2 Å². The lowest BCUT2D eigenvalue weighted by atomic mass is 10.1. The molecule has 1 aromatic carbocycles. The van der Waals surface area contributed by atoms with Crippen molar-refractivity contribution in [1.29, 1.82) is 0 Å². The summed E-state index contributed by atoms with van der Waals surface area (Å²) in [6.07, 6.45) is 14.3. The second kappa shape index (κ2) is 22.0. The van der Waals surface area contributed by atoms with Crippen LogP contribution in [0.4, 0.5) is 0 Å². The molecule has 0 aliphatic carbocycles. The van der Waals surface area contributed by atoms with E-state index in [1.165, 1.54) is 6.42 Å². The number of hydrogen-bond donors (Lipinski definition) is 2. The third-order valence-corrected chi connectivity index (χ3v) is 6.52. The molecule has 0 aromatic heterocycles. The normalized spacial score (nSPS) is 15.4. The van der Waals surface area contributed by atoms with Gasteiger partial charge in [-0.15, -0.1) is 0 Å². The van der Waals surface area contributed by atoms with Gasteiger partial charge in [0.05, 0.1) is 19.8 Å². The van der Waals surface area contributed by atoms with Crippen molar-refractivity contribution >= 4 is 5.97 Å². The number of carbonyl (C=O) groups is 1. The minimum Gasteiger partial charge on any atom is -0.494 e. The van der Waals surface area contributed by atoms with E-state index in [9.17, 15) is 4.79 Å². The Labute approximate surface area is 229 Å². The Hall–Kier alpha value is -1.87. The fourth-order valence-electron chi connectivity index (χ4n) is 4.25. The van der Waals surface area contributed by atoms with Gasteiger partial charge >= 0.3 is 5.97 Å². The Balaban J connectivity index is 1.73. The minimum atomic E-state index is -0.397. The van der Waals surface area contributed by atoms with Gasteiger partial charge in [0.2, 0.25) is 0 Å². The highest BCUT2D eigenvalue weighted by atomic mass is 16.7. The lowest BCUT2D eigenvalue weighted by Crippen LogP contribution is -2.22. The lowest BCUT2D eigenvalue weighted by Gasteiger charge is -2.22. The number of aliphatic hydroxyl groups excluding tert-OH is 2. The largest absolute Gasteiger partial charge is 0.494 e. The van der Waals surface area contributed by atoms with Crippen LogP contribution in [0.2, 0.25) is 0 Å². The number of carbonyl (C=O) groups excluding carboxylic acids is 1. The average Bonchev–Trinajstić information content (AvgIpc) is 2.94. The van der Waals surface area contributed by atoms with Gasteiger partial charge in [0.15, 0.2) is 6.29 Å². The van der Waals surface area contributed by atoms with Crippen molar-refractivity contribution in [3.8, 4) is 11.5 Å². The van der Waals surface area contributed by atoms with Crippen molar-refractivity contribution in [2.24, 2.45) is 0 Å². The van der Waals surface area contributed by atoms with Crippen molar-refractivity contribution in [3.05, 3.63) is 23.8 Å². The molecular weight excluding hydrogens is 488 g/mol. The maximum atomic E-state index is 12.9. The molecular formula is C30H50O8. The summed E-state index contributed by atoms with van der Waals surface area (Å²) in [4.78, 5) is 12.9. The molecule has 1 aromatic rings. The predicted molar refractivity (Wildman–Crippen MR) is 147 cm³/mol. The number of rotatable bonds is 23. The number of esters is 1. The molecule has 8 nitrogen and oxygen atoms in total. The quantitative estimate of drug-likeness (QED) is 0.133. The van der Waals surface area contributed by atoms with Gasteiger partial charge in [-0.3, -0.25) is 0 Å². The van der Waals surface area contributed by atoms with E-state index in [2.05, 4.69) is 0 Å². The van der Waals surface area contributed by atoms with Crippen LogP contribution in [0.3, 0.4) is 0 Å². The summed E-state index contributed by atoms with van der Waals surface area (Å²) < 4.78 is 28.7. The molecule has 0 spiro atoms. The highest BCUT2D eigenvalue weighted by Gasteiger charge is 2.16. The summed E-state index contributed by atoms with van der Waals surface area (Å²) in [5, 5.41) is 17.8. The van der Waals surface area contributed by atoms with Gasteiger partial charge in [-0.25, -0.2) is 4.79 Å². The van der Waals surface area contributed by atoms with Crippen LogP contribution in [-0.4, -0.2) is 68.7 Å². The van der Waals surface area contributed by atoms with Gasteiger partial charge in [0.25, 0.3) is 0 Å². The molecule has 1 saturated heterocycles.